The summed E-state index contributed by atoms with van der Waals surface area (Å²) in [5.41, 5.74) is -1.61. The molecule has 16 heavy (non-hydrogen) atoms. The van der Waals surface area contributed by atoms with E-state index in [1.54, 1.807) is 5.32 Å². The van der Waals surface area contributed by atoms with Crippen molar-refractivity contribution in [3.05, 3.63) is 29.6 Å². The lowest BCUT2D eigenvalue weighted by molar-refractivity contribution is -0.129. The maximum atomic E-state index is 12.8. The number of anilines is 1. The second-order valence-electron chi connectivity index (χ2n) is 2.82. The van der Waals surface area contributed by atoms with Crippen molar-refractivity contribution in [1.29, 1.82) is 5.41 Å². The number of nitrogens with one attached hydrogen (secondary N) is 2. The molecule has 0 aliphatic heterocycles. The van der Waals surface area contributed by atoms with Crippen LogP contribution in [-0.4, -0.2) is 23.3 Å². The molecule has 4 nitrogen and oxygen atoms in total. The van der Waals surface area contributed by atoms with Gasteiger partial charge in [0.05, 0.1) is 5.69 Å². The van der Waals surface area contributed by atoms with Crippen molar-refractivity contribution in [3.8, 4) is 0 Å². The highest BCUT2D eigenvalue weighted by Gasteiger charge is 2.16. The second kappa shape index (κ2) is 4.65. The molecule has 0 fully saturated rings. The Morgan fingerprint density at radius 3 is 2.56 bits per heavy atom. The van der Waals surface area contributed by atoms with Crippen LogP contribution in [0.25, 0.3) is 0 Å². The Morgan fingerprint density at radius 2 is 2.06 bits per heavy atom. The summed E-state index contributed by atoms with van der Waals surface area (Å²) in [7, 11) is 0. The summed E-state index contributed by atoms with van der Waals surface area (Å²) in [6, 6.07) is 2.55. The molecule has 0 aromatic heterocycles. The van der Waals surface area contributed by atoms with Crippen LogP contribution in [0.2, 0.25) is 0 Å². The fraction of sp³-hybridized carbons (Fsp3) is 0.111. The van der Waals surface area contributed by atoms with Crippen LogP contribution in [0.1, 0.15) is 5.56 Å². The summed E-state index contributed by atoms with van der Waals surface area (Å²) in [5, 5.41) is 17.2. The van der Waals surface area contributed by atoms with E-state index < -0.39 is 29.7 Å². The van der Waals surface area contributed by atoms with Crippen LogP contribution in [0, 0.1) is 11.2 Å². The Morgan fingerprint density at radius 1 is 1.44 bits per heavy atom. The zero-order valence-corrected chi connectivity index (χ0v) is 7.80. The van der Waals surface area contributed by atoms with Crippen LogP contribution in [0.3, 0.4) is 0 Å². The van der Waals surface area contributed by atoms with E-state index in [9.17, 15) is 18.0 Å². The van der Waals surface area contributed by atoms with Crippen LogP contribution in [0.15, 0.2) is 18.2 Å². The standard InChI is InChI=1S/C9H7F3N2O2/c10-4-1-2-5(7(13)8(15)16)6(3-4)14-9(11)12/h1-3,9,13-14H,(H,15,16). The Bertz CT molecular complexity index is 435. The van der Waals surface area contributed by atoms with Crippen molar-refractivity contribution in [2.45, 2.75) is 6.55 Å². The van der Waals surface area contributed by atoms with Gasteiger partial charge < -0.3 is 10.4 Å². The zero-order valence-electron chi connectivity index (χ0n) is 7.80. The first-order valence-electron chi connectivity index (χ1n) is 4.08. The minimum absolute atomic E-state index is 0.297. The highest BCUT2D eigenvalue weighted by Crippen LogP contribution is 2.19. The summed E-state index contributed by atoms with van der Waals surface area (Å²) in [6.07, 6.45) is 0. The van der Waals surface area contributed by atoms with Crippen molar-refractivity contribution >= 4 is 17.4 Å². The van der Waals surface area contributed by atoms with Crippen molar-refractivity contribution in [2.75, 3.05) is 5.32 Å². The monoisotopic (exact) mass is 232 g/mol. The van der Waals surface area contributed by atoms with E-state index in [0.29, 0.717) is 6.07 Å². The molecular weight excluding hydrogens is 225 g/mol. The summed E-state index contributed by atoms with van der Waals surface area (Å²) in [5.74, 6) is -2.38. The third-order valence-corrected chi connectivity index (χ3v) is 1.73. The van der Waals surface area contributed by atoms with Crippen molar-refractivity contribution in [1.82, 2.24) is 0 Å². The number of aliphatic carboxylic acids is 1. The van der Waals surface area contributed by atoms with Gasteiger partial charge in [0.25, 0.3) is 0 Å². The van der Waals surface area contributed by atoms with Crippen LogP contribution in [-0.2, 0) is 4.79 Å². The number of carboxylic acid groups (broad SMARTS) is 1. The minimum atomic E-state index is -2.97. The van der Waals surface area contributed by atoms with Crippen LogP contribution < -0.4 is 5.32 Å². The van der Waals surface area contributed by atoms with Crippen molar-refractivity contribution in [2.24, 2.45) is 0 Å². The van der Waals surface area contributed by atoms with Gasteiger partial charge in [-0.15, -0.1) is 0 Å². The van der Waals surface area contributed by atoms with E-state index in [0.717, 1.165) is 12.1 Å². The lowest BCUT2D eigenvalue weighted by Gasteiger charge is -2.10. The molecule has 0 radical (unpaired) electrons. The number of hydrogen-bond acceptors (Lipinski definition) is 3. The lowest BCUT2D eigenvalue weighted by atomic mass is 10.1. The van der Waals surface area contributed by atoms with E-state index in [1.807, 2.05) is 0 Å². The first kappa shape index (κ1) is 12.0. The maximum Gasteiger partial charge on any atom is 0.354 e. The highest BCUT2D eigenvalue weighted by molar-refractivity contribution is 6.42. The molecule has 0 bridgehead atoms. The highest BCUT2D eigenvalue weighted by atomic mass is 19.3. The Labute approximate surface area is 88.2 Å². The molecule has 0 unspecified atom stereocenters. The second-order valence-corrected chi connectivity index (χ2v) is 2.82. The van der Waals surface area contributed by atoms with Gasteiger partial charge in [0, 0.05) is 5.56 Å². The Kier molecular flexibility index (Phi) is 3.49. The molecule has 0 spiro atoms. The normalized spacial score (nSPS) is 10.2. The van der Waals surface area contributed by atoms with Crippen LogP contribution in [0.4, 0.5) is 18.9 Å². The van der Waals surface area contributed by atoms with E-state index in [-0.39, 0.29) is 5.56 Å². The molecule has 0 atom stereocenters. The molecule has 86 valence electrons. The molecule has 0 saturated heterocycles. The predicted molar refractivity (Wildman–Crippen MR) is 50.5 cm³/mol. The largest absolute Gasteiger partial charge is 0.477 e. The smallest absolute Gasteiger partial charge is 0.354 e. The summed E-state index contributed by atoms with van der Waals surface area (Å²) < 4.78 is 36.8. The molecule has 0 heterocycles. The molecule has 0 saturated carbocycles. The van der Waals surface area contributed by atoms with Gasteiger partial charge in [-0.3, -0.25) is 5.41 Å². The van der Waals surface area contributed by atoms with Crippen LogP contribution in [0.5, 0.6) is 0 Å². The average molecular weight is 232 g/mol. The van der Waals surface area contributed by atoms with Gasteiger partial charge >= 0.3 is 12.5 Å². The minimum Gasteiger partial charge on any atom is -0.477 e. The maximum absolute atomic E-state index is 12.8. The topological polar surface area (TPSA) is 73.2 Å². The van der Waals surface area contributed by atoms with Crippen LogP contribution >= 0.6 is 0 Å². The van der Waals surface area contributed by atoms with E-state index >= 15 is 0 Å². The van der Waals surface area contributed by atoms with Crippen molar-refractivity contribution in [3.63, 3.8) is 0 Å². The molecule has 7 heteroatoms. The van der Waals surface area contributed by atoms with Gasteiger partial charge in [0.15, 0.2) is 0 Å². The SMILES string of the molecule is N=C(C(=O)O)c1ccc(F)cc1NC(F)F. The van der Waals surface area contributed by atoms with Gasteiger partial charge in [-0.2, -0.15) is 8.78 Å². The molecule has 0 aliphatic carbocycles. The molecule has 1 aromatic rings. The van der Waals surface area contributed by atoms with E-state index in [2.05, 4.69) is 0 Å². The van der Waals surface area contributed by atoms with Gasteiger partial charge in [-0.1, -0.05) is 0 Å². The number of rotatable bonds is 4. The van der Waals surface area contributed by atoms with Gasteiger partial charge in [-0.25, -0.2) is 9.18 Å². The first-order chi connectivity index (χ1) is 7.41. The number of carbonyl (C=O) groups is 1. The lowest BCUT2D eigenvalue weighted by Crippen LogP contribution is -2.17. The third-order valence-electron chi connectivity index (χ3n) is 1.73. The van der Waals surface area contributed by atoms with Crippen molar-refractivity contribution < 1.29 is 23.1 Å². The number of benzene rings is 1. The first-order valence-corrected chi connectivity index (χ1v) is 4.08. The number of halogens is 3. The van der Waals surface area contributed by atoms with E-state index in [4.69, 9.17) is 10.5 Å². The number of alkyl halides is 2. The van der Waals surface area contributed by atoms with Gasteiger partial charge in [-0.05, 0) is 18.2 Å². The van der Waals surface area contributed by atoms with Gasteiger partial charge in [0.2, 0.25) is 0 Å². The zero-order chi connectivity index (χ0) is 12.3. The van der Waals surface area contributed by atoms with E-state index in [1.165, 1.54) is 0 Å². The molecule has 0 amide bonds. The van der Waals surface area contributed by atoms with Gasteiger partial charge in [0.1, 0.15) is 11.5 Å². The Balaban J connectivity index is 3.17. The molecule has 0 aliphatic rings. The number of hydrogen-bond donors (Lipinski definition) is 3. The summed E-state index contributed by atoms with van der Waals surface area (Å²) in [4.78, 5) is 10.5. The number of carboxylic acids is 1. The summed E-state index contributed by atoms with van der Waals surface area (Å²) >= 11 is 0. The molecule has 1 rings (SSSR count). The molecular formula is C9H7F3N2O2. The fourth-order valence-electron chi connectivity index (χ4n) is 1.09. The fourth-order valence-corrected chi connectivity index (χ4v) is 1.09. The predicted octanol–water partition coefficient (Wildman–Crippen LogP) is 1.91. The Hall–Kier alpha value is -2.05. The summed E-state index contributed by atoms with van der Waals surface area (Å²) in [6.45, 7) is -2.97. The molecule has 1 aromatic carbocycles. The third kappa shape index (κ3) is 2.72. The quantitative estimate of drug-likeness (QED) is 0.548. The molecule has 3 N–H and O–H groups in total. The average Bonchev–Trinajstić information content (AvgIpc) is 2.15.